The number of aryl methyl sites for hydroxylation is 1. The van der Waals surface area contributed by atoms with Gasteiger partial charge in [0.15, 0.2) is 0 Å². The summed E-state index contributed by atoms with van der Waals surface area (Å²) in [6.45, 7) is 5.68. The Kier molecular flexibility index (Phi) is 4.10. The average Bonchev–Trinajstić information content (AvgIpc) is 2.14. The Morgan fingerprint density at radius 2 is 2.13 bits per heavy atom. The second kappa shape index (κ2) is 5.35. The number of rotatable bonds is 3. The van der Waals surface area contributed by atoms with E-state index in [0.29, 0.717) is 0 Å². The average molecular weight is 204 g/mol. The summed E-state index contributed by atoms with van der Waals surface area (Å²) in [5.74, 6) is -0.300. The van der Waals surface area contributed by atoms with Crippen molar-refractivity contribution in [2.45, 2.75) is 26.9 Å². The number of ether oxygens (including phenoxy) is 1. The summed E-state index contributed by atoms with van der Waals surface area (Å²) in [6.07, 6.45) is 3.15. The molecule has 1 aromatic rings. The molecule has 1 rings (SSSR count). The van der Waals surface area contributed by atoms with Crippen LogP contribution < -0.4 is 0 Å². The highest BCUT2D eigenvalue weighted by atomic mass is 16.5. The van der Waals surface area contributed by atoms with Gasteiger partial charge in [-0.05, 0) is 32.4 Å². The van der Waals surface area contributed by atoms with E-state index in [1.165, 1.54) is 11.6 Å². The first-order valence-electron chi connectivity index (χ1n) is 5.03. The highest BCUT2D eigenvalue weighted by molar-refractivity contribution is 5.87. The van der Waals surface area contributed by atoms with E-state index in [9.17, 15) is 4.79 Å². The highest BCUT2D eigenvalue weighted by Gasteiger charge is 1.99. The first-order valence-corrected chi connectivity index (χ1v) is 5.03. The summed E-state index contributed by atoms with van der Waals surface area (Å²) in [7, 11) is 0. The van der Waals surface area contributed by atoms with Gasteiger partial charge in [0.1, 0.15) is 0 Å². The Hall–Kier alpha value is -1.57. The largest absolute Gasteiger partial charge is 0.460 e. The minimum absolute atomic E-state index is 0.0698. The lowest BCUT2D eigenvalue weighted by molar-refractivity contribution is -0.141. The third-order valence-corrected chi connectivity index (χ3v) is 1.81. The van der Waals surface area contributed by atoms with Crippen LogP contribution in [0.5, 0.6) is 0 Å². The molecule has 0 saturated carbocycles. The molecule has 0 radical (unpaired) electrons. The molecule has 0 fully saturated rings. The fourth-order valence-corrected chi connectivity index (χ4v) is 1.21. The monoisotopic (exact) mass is 204 g/mol. The van der Waals surface area contributed by atoms with Crippen LogP contribution in [0.3, 0.4) is 0 Å². The zero-order chi connectivity index (χ0) is 11.3. The van der Waals surface area contributed by atoms with E-state index in [0.717, 1.165) is 5.56 Å². The van der Waals surface area contributed by atoms with Crippen molar-refractivity contribution < 1.29 is 9.53 Å². The van der Waals surface area contributed by atoms with Crippen molar-refractivity contribution in [1.29, 1.82) is 0 Å². The summed E-state index contributed by atoms with van der Waals surface area (Å²) >= 11 is 0. The molecule has 2 heteroatoms. The summed E-state index contributed by atoms with van der Waals surface area (Å²) in [5, 5.41) is 0. The lowest BCUT2D eigenvalue weighted by Crippen LogP contribution is -2.08. The Balaban J connectivity index is 2.61. The van der Waals surface area contributed by atoms with Gasteiger partial charge in [0.05, 0.1) is 6.10 Å². The molecule has 0 aromatic heterocycles. The van der Waals surface area contributed by atoms with Gasteiger partial charge in [-0.15, -0.1) is 0 Å². The number of esters is 1. The van der Waals surface area contributed by atoms with E-state index >= 15 is 0 Å². The van der Waals surface area contributed by atoms with Crippen molar-refractivity contribution in [2.75, 3.05) is 0 Å². The Bertz CT molecular complexity index is 365. The van der Waals surface area contributed by atoms with Crippen molar-refractivity contribution in [3.05, 3.63) is 41.5 Å². The first-order chi connectivity index (χ1) is 7.08. The van der Waals surface area contributed by atoms with E-state index in [1.54, 1.807) is 6.08 Å². The fourth-order valence-electron chi connectivity index (χ4n) is 1.21. The molecule has 0 amide bonds. The topological polar surface area (TPSA) is 26.3 Å². The zero-order valence-electron chi connectivity index (χ0n) is 9.36. The minimum atomic E-state index is -0.300. The summed E-state index contributed by atoms with van der Waals surface area (Å²) < 4.78 is 4.98. The summed E-state index contributed by atoms with van der Waals surface area (Å²) in [6, 6.07) is 7.94. The molecule has 0 unspecified atom stereocenters. The molecule has 15 heavy (non-hydrogen) atoms. The fraction of sp³-hybridized carbons (Fsp3) is 0.308. The second-order valence-electron chi connectivity index (χ2n) is 3.73. The zero-order valence-corrected chi connectivity index (χ0v) is 9.36. The van der Waals surface area contributed by atoms with Crippen LogP contribution in [0, 0.1) is 6.92 Å². The van der Waals surface area contributed by atoms with Gasteiger partial charge in [-0.2, -0.15) is 0 Å². The summed E-state index contributed by atoms with van der Waals surface area (Å²) in [5.41, 5.74) is 2.19. The normalized spacial score (nSPS) is 10.9. The molecule has 0 spiro atoms. The van der Waals surface area contributed by atoms with Crippen molar-refractivity contribution in [1.82, 2.24) is 0 Å². The molecular formula is C13H16O2. The summed E-state index contributed by atoms with van der Waals surface area (Å²) in [4.78, 5) is 11.2. The highest BCUT2D eigenvalue weighted by Crippen LogP contribution is 2.06. The lowest BCUT2D eigenvalue weighted by atomic mass is 10.1. The van der Waals surface area contributed by atoms with E-state index in [2.05, 4.69) is 0 Å². The molecular weight excluding hydrogens is 188 g/mol. The number of benzene rings is 1. The maximum Gasteiger partial charge on any atom is 0.331 e. The maximum absolute atomic E-state index is 11.2. The molecule has 2 nitrogen and oxygen atoms in total. The number of hydrogen-bond donors (Lipinski definition) is 0. The maximum atomic E-state index is 11.2. The van der Waals surface area contributed by atoms with Crippen LogP contribution in [-0.4, -0.2) is 12.1 Å². The van der Waals surface area contributed by atoms with Gasteiger partial charge >= 0.3 is 5.97 Å². The van der Waals surface area contributed by atoms with Crippen LogP contribution >= 0.6 is 0 Å². The molecule has 0 aliphatic heterocycles. The van der Waals surface area contributed by atoms with Crippen LogP contribution in [0.15, 0.2) is 30.3 Å². The van der Waals surface area contributed by atoms with E-state index in [-0.39, 0.29) is 12.1 Å². The van der Waals surface area contributed by atoms with Gasteiger partial charge in [0, 0.05) is 6.08 Å². The molecule has 0 saturated heterocycles. The van der Waals surface area contributed by atoms with Crippen molar-refractivity contribution >= 4 is 12.0 Å². The third kappa shape index (κ3) is 4.45. The predicted molar refractivity (Wildman–Crippen MR) is 61.4 cm³/mol. The van der Waals surface area contributed by atoms with Gasteiger partial charge < -0.3 is 4.74 Å². The first kappa shape index (κ1) is 11.5. The van der Waals surface area contributed by atoms with Crippen molar-refractivity contribution in [3.63, 3.8) is 0 Å². The lowest BCUT2D eigenvalue weighted by Gasteiger charge is -2.03. The number of carbonyl (C=O) groups excluding carboxylic acids is 1. The van der Waals surface area contributed by atoms with E-state index < -0.39 is 0 Å². The number of hydrogen-bond acceptors (Lipinski definition) is 2. The SMILES string of the molecule is Cc1cccc(C=CC(=O)OC(C)C)c1. The molecule has 0 bridgehead atoms. The molecule has 0 N–H and O–H groups in total. The second-order valence-corrected chi connectivity index (χ2v) is 3.73. The van der Waals surface area contributed by atoms with Crippen LogP contribution in [0.1, 0.15) is 25.0 Å². The van der Waals surface area contributed by atoms with Crippen LogP contribution in [-0.2, 0) is 9.53 Å². The number of carbonyl (C=O) groups is 1. The Labute approximate surface area is 90.6 Å². The van der Waals surface area contributed by atoms with Crippen LogP contribution in [0.2, 0.25) is 0 Å². The van der Waals surface area contributed by atoms with E-state index in [4.69, 9.17) is 4.74 Å². The van der Waals surface area contributed by atoms with Gasteiger partial charge in [0.2, 0.25) is 0 Å². The Morgan fingerprint density at radius 1 is 1.40 bits per heavy atom. The smallest absolute Gasteiger partial charge is 0.331 e. The molecule has 0 aliphatic carbocycles. The van der Waals surface area contributed by atoms with E-state index in [1.807, 2.05) is 45.0 Å². The predicted octanol–water partition coefficient (Wildman–Crippen LogP) is 2.96. The molecule has 0 aliphatic rings. The molecule has 0 atom stereocenters. The van der Waals surface area contributed by atoms with Gasteiger partial charge in [-0.25, -0.2) is 4.79 Å². The molecule has 1 aromatic carbocycles. The molecule has 0 heterocycles. The van der Waals surface area contributed by atoms with Crippen LogP contribution in [0.4, 0.5) is 0 Å². The quantitative estimate of drug-likeness (QED) is 0.559. The van der Waals surface area contributed by atoms with Gasteiger partial charge in [-0.3, -0.25) is 0 Å². The molecule has 80 valence electrons. The van der Waals surface area contributed by atoms with Crippen molar-refractivity contribution in [2.24, 2.45) is 0 Å². The van der Waals surface area contributed by atoms with Crippen LogP contribution in [0.25, 0.3) is 6.08 Å². The van der Waals surface area contributed by atoms with Gasteiger partial charge in [0.25, 0.3) is 0 Å². The standard InChI is InChI=1S/C13H16O2/c1-10(2)15-13(14)8-7-12-6-4-5-11(3)9-12/h4-10H,1-3H3. The van der Waals surface area contributed by atoms with Crippen molar-refractivity contribution in [3.8, 4) is 0 Å². The van der Waals surface area contributed by atoms with Gasteiger partial charge in [-0.1, -0.05) is 29.8 Å². The third-order valence-electron chi connectivity index (χ3n) is 1.81. The minimum Gasteiger partial charge on any atom is -0.460 e. The Morgan fingerprint density at radius 3 is 2.73 bits per heavy atom.